The second-order valence-corrected chi connectivity index (χ2v) is 6.86. The van der Waals surface area contributed by atoms with E-state index in [9.17, 15) is 0 Å². The molecule has 18 heavy (non-hydrogen) atoms. The largest absolute Gasteiger partial charge is 0.316 e. The SMILES string of the molecule is CC(C)CNCCCNCc1cc2c(s1)CCC2. The lowest BCUT2D eigenvalue weighted by Gasteiger charge is -2.07. The predicted molar refractivity (Wildman–Crippen MR) is 80.4 cm³/mol. The molecule has 102 valence electrons. The van der Waals surface area contributed by atoms with Crippen LogP contribution in [-0.4, -0.2) is 19.6 Å². The highest BCUT2D eigenvalue weighted by atomic mass is 32.1. The zero-order chi connectivity index (χ0) is 12.8. The van der Waals surface area contributed by atoms with Crippen LogP contribution >= 0.6 is 11.3 Å². The van der Waals surface area contributed by atoms with Gasteiger partial charge in [-0.25, -0.2) is 0 Å². The van der Waals surface area contributed by atoms with Crippen LogP contribution in [0.25, 0.3) is 0 Å². The van der Waals surface area contributed by atoms with E-state index in [1.165, 1.54) is 30.6 Å². The number of aryl methyl sites for hydroxylation is 2. The Morgan fingerprint density at radius 2 is 2.06 bits per heavy atom. The molecule has 1 aliphatic carbocycles. The lowest BCUT2D eigenvalue weighted by molar-refractivity contribution is 0.531. The van der Waals surface area contributed by atoms with Crippen molar-refractivity contribution in [1.82, 2.24) is 10.6 Å². The first-order chi connectivity index (χ1) is 8.75. The lowest BCUT2D eigenvalue weighted by Crippen LogP contribution is -2.24. The minimum atomic E-state index is 0.756. The topological polar surface area (TPSA) is 24.1 Å². The van der Waals surface area contributed by atoms with Crippen LogP contribution in [0.4, 0.5) is 0 Å². The van der Waals surface area contributed by atoms with Crippen LogP contribution in [0.2, 0.25) is 0 Å². The molecule has 1 aromatic rings. The molecule has 0 aromatic carbocycles. The Morgan fingerprint density at radius 1 is 1.22 bits per heavy atom. The number of fused-ring (bicyclic) bond motifs is 1. The van der Waals surface area contributed by atoms with Crippen LogP contribution in [0.5, 0.6) is 0 Å². The van der Waals surface area contributed by atoms with Crippen molar-refractivity contribution in [2.45, 2.75) is 46.1 Å². The van der Waals surface area contributed by atoms with E-state index >= 15 is 0 Å². The van der Waals surface area contributed by atoms with Gasteiger partial charge < -0.3 is 10.6 Å². The van der Waals surface area contributed by atoms with E-state index in [0.717, 1.165) is 32.1 Å². The number of thiophene rings is 1. The number of hydrogen-bond donors (Lipinski definition) is 2. The van der Waals surface area contributed by atoms with Crippen molar-refractivity contribution in [2.24, 2.45) is 5.92 Å². The molecular formula is C15H26N2S. The van der Waals surface area contributed by atoms with Gasteiger partial charge in [-0.2, -0.15) is 0 Å². The molecule has 0 unspecified atom stereocenters. The van der Waals surface area contributed by atoms with Gasteiger partial charge in [-0.3, -0.25) is 0 Å². The summed E-state index contributed by atoms with van der Waals surface area (Å²) in [5.74, 6) is 0.756. The average Bonchev–Trinajstić information content (AvgIpc) is 2.87. The van der Waals surface area contributed by atoms with E-state index in [1.54, 1.807) is 10.4 Å². The summed E-state index contributed by atoms with van der Waals surface area (Å²) in [4.78, 5) is 3.17. The summed E-state index contributed by atoms with van der Waals surface area (Å²) in [5.41, 5.74) is 1.62. The quantitative estimate of drug-likeness (QED) is 0.707. The minimum absolute atomic E-state index is 0.756. The Kier molecular flexibility index (Phi) is 5.67. The maximum Gasteiger partial charge on any atom is 0.0299 e. The Hall–Kier alpha value is -0.380. The van der Waals surface area contributed by atoms with Gasteiger partial charge >= 0.3 is 0 Å². The minimum Gasteiger partial charge on any atom is -0.316 e. The summed E-state index contributed by atoms with van der Waals surface area (Å²) in [6.45, 7) is 8.95. The number of rotatable bonds is 8. The second-order valence-electron chi connectivity index (χ2n) is 5.64. The molecule has 0 spiro atoms. The molecule has 0 aliphatic heterocycles. The molecule has 3 heteroatoms. The monoisotopic (exact) mass is 266 g/mol. The zero-order valence-electron chi connectivity index (χ0n) is 11.7. The van der Waals surface area contributed by atoms with Crippen LogP contribution < -0.4 is 10.6 Å². The molecule has 0 fully saturated rings. The highest BCUT2D eigenvalue weighted by Gasteiger charge is 2.14. The Bertz CT molecular complexity index is 336. The van der Waals surface area contributed by atoms with E-state index in [1.807, 2.05) is 11.3 Å². The summed E-state index contributed by atoms with van der Waals surface area (Å²) >= 11 is 2.02. The molecule has 1 aromatic heterocycles. The van der Waals surface area contributed by atoms with Gasteiger partial charge in [-0.1, -0.05) is 13.8 Å². The predicted octanol–water partition coefficient (Wildman–Crippen LogP) is 2.96. The molecule has 1 aliphatic rings. The van der Waals surface area contributed by atoms with Gasteiger partial charge in [0.05, 0.1) is 0 Å². The van der Waals surface area contributed by atoms with E-state index < -0.39 is 0 Å². The average molecular weight is 266 g/mol. The van der Waals surface area contributed by atoms with Crippen LogP contribution in [-0.2, 0) is 19.4 Å². The maximum absolute atomic E-state index is 3.55. The fourth-order valence-electron chi connectivity index (χ4n) is 2.42. The Labute approximate surface area is 115 Å². The summed E-state index contributed by atoms with van der Waals surface area (Å²) in [7, 11) is 0. The normalized spacial score (nSPS) is 14.4. The van der Waals surface area contributed by atoms with E-state index in [4.69, 9.17) is 0 Å². The fourth-order valence-corrected chi connectivity index (χ4v) is 3.65. The van der Waals surface area contributed by atoms with Crippen molar-refractivity contribution < 1.29 is 0 Å². The third kappa shape index (κ3) is 4.38. The first kappa shape index (κ1) is 14.0. The third-order valence-electron chi connectivity index (χ3n) is 3.36. The molecule has 0 atom stereocenters. The molecule has 1 heterocycles. The van der Waals surface area contributed by atoms with Crippen molar-refractivity contribution in [2.75, 3.05) is 19.6 Å². The zero-order valence-corrected chi connectivity index (χ0v) is 12.5. The lowest BCUT2D eigenvalue weighted by atomic mass is 10.2. The molecule has 2 rings (SSSR count). The fraction of sp³-hybridized carbons (Fsp3) is 0.733. The summed E-state index contributed by atoms with van der Waals surface area (Å²) in [6.07, 6.45) is 5.22. The standard InChI is InChI=1S/C15H26N2S/c1-12(2)10-16-7-4-8-17-11-14-9-13-5-3-6-15(13)18-14/h9,12,16-17H,3-8,10-11H2,1-2H3. The molecule has 0 amide bonds. The van der Waals surface area contributed by atoms with Crippen molar-refractivity contribution in [3.05, 3.63) is 21.4 Å². The first-order valence-corrected chi connectivity index (χ1v) is 8.09. The number of nitrogens with one attached hydrogen (secondary N) is 2. The van der Waals surface area contributed by atoms with Crippen molar-refractivity contribution >= 4 is 11.3 Å². The Balaban J connectivity index is 1.53. The maximum atomic E-state index is 3.55. The summed E-state index contributed by atoms with van der Waals surface area (Å²) < 4.78 is 0. The molecule has 0 saturated heterocycles. The highest BCUT2D eigenvalue weighted by Crippen LogP contribution is 2.30. The smallest absolute Gasteiger partial charge is 0.0299 e. The third-order valence-corrected chi connectivity index (χ3v) is 4.59. The van der Waals surface area contributed by atoms with Gasteiger partial charge in [0, 0.05) is 16.3 Å². The van der Waals surface area contributed by atoms with Crippen molar-refractivity contribution in [3.8, 4) is 0 Å². The van der Waals surface area contributed by atoms with E-state index in [-0.39, 0.29) is 0 Å². The van der Waals surface area contributed by atoms with Gasteiger partial charge in [0.25, 0.3) is 0 Å². The van der Waals surface area contributed by atoms with Crippen molar-refractivity contribution in [3.63, 3.8) is 0 Å². The van der Waals surface area contributed by atoms with E-state index in [0.29, 0.717) is 0 Å². The van der Waals surface area contributed by atoms with Crippen LogP contribution in [0.3, 0.4) is 0 Å². The van der Waals surface area contributed by atoms with Gasteiger partial charge in [0.15, 0.2) is 0 Å². The molecule has 0 radical (unpaired) electrons. The summed E-state index contributed by atoms with van der Waals surface area (Å²) in [5, 5.41) is 7.03. The Morgan fingerprint density at radius 3 is 2.83 bits per heavy atom. The molecule has 2 nitrogen and oxygen atoms in total. The second kappa shape index (κ2) is 7.27. The van der Waals surface area contributed by atoms with Crippen LogP contribution in [0.15, 0.2) is 6.07 Å². The molecular weight excluding hydrogens is 240 g/mol. The van der Waals surface area contributed by atoms with Crippen LogP contribution in [0.1, 0.15) is 42.0 Å². The first-order valence-electron chi connectivity index (χ1n) is 7.27. The molecule has 2 N–H and O–H groups in total. The van der Waals surface area contributed by atoms with Crippen molar-refractivity contribution in [1.29, 1.82) is 0 Å². The molecule has 0 saturated carbocycles. The summed E-state index contributed by atoms with van der Waals surface area (Å²) in [6, 6.07) is 2.41. The highest BCUT2D eigenvalue weighted by molar-refractivity contribution is 7.12. The van der Waals surface area contributed by atoms with Gasteiger partial charge in [0.2, 0.25) is 0 Å². The molecule has 0 bridgehead atoms. The van der Waals surface area contributed by atoms with E-state index in [2.05, 4.69) is 30.5 Å². The van der Waals surface area contributed by atoms with Gasteiger partial charge in [-0.05, 0) is 62.9 Å². The van der Waals surface area contributed by atoms with Crippen LogP contribution in [0, 0.1) is 5.92 Å². The van der Waals surface area contributed by atoms with Gasteiger partial charge in [-0.15, -0.1) is 11.3 Å². The number of hydrogen-bond acceptors (Lipinski definition) is 3. The van der Waals surface area contributed by atoms with Gasteiger partial charge in [0.1, 0.15) is 0 Å².